The van der Waals surface area contributed by atoms with Crippen molar-refractivity contribution in [3.05, 3.63) is 45.9 Å². The number of halogens is 2. The largest absolute Gasteiger partial charge is 0.495 e. The van der Waals surface area contributed by atoms with Crippen LogP contribution in [-0.4, -0.2) is 26.0 Å². The molecule has 25 heavy (non-hydrogen) atoms. The molecule has 2 aromatic rings. The molecule has 0 saturated heterocycles. The van der Waals surface area contributed by atoms with E-state index in [1.807, 2.05) is 0 Å². The molecule has 0 aliphatic heterocycles. The average molecular weight is 383 g/mol. The van der Waals surface area contributed by atoms with Gasteiger partial charge in [0.15, 0.2) is 5.75 Å². The Kier molecular flexibility index (Phi) is 6.12. The van der Waals surface area contributed by atoms with Crippen molar-refractivity contribution in [3.63, 3.8) is 0 Å². The summed E-state index contributed by atoms with van der Waals surface area (Å²) in [5.41, 5.74) is 1.18. The molecule has 0 heterocycles. The second kappa shape index (κ2) is 8.09. The van der Waals surface area contributed by atoms with Crippen molar-refractivity contribution in [2.75, 3.05) is 24.9 Å². The standard InChI is InChI=1S/C17H16Cl2N2O4/c1-9(22)20-14-8-11(4-5-15(14)24-2)21-17(23)10-6-12(18)16(25-3)13(19)7-10/h4-8H,1-3H3,(H,20,22)(H,21,23). The summed E-state index contributed by atoms with van der Waals surface area (Å²) >= 11 is 12.1. The van der Waals surface area contributed by atoms with Gasteiger partial charge in [0.25, 0.3) is 5.91 Å². The number of carbonyl (C=O) groups excluding carboxylic acids is 2. The highest BCUT2D eigenvalue weighted by Gasteiger charge is 2.14. The predicted octanol–water partition coefficient (Wildman–Crippen LogP) is 4.22. The van der Waals surface area contributed by atoms with Crippen LogP contribution in [0.3, 0.4) is 0 Å². The van der Waals surface area contributed by atoms with E-state index in [-0.39, 0.29) is 21.5 Å². The van der Waals surface area contributed by atoms with Gasteiger partial charge < -0.3 is 20.1 Å². The number of hydrogen-bond donors (Lipinski definition) is 2. The van der Waals surface area contributed by atoms with Crippen LogP contribution in [0.4, 0.5) is 11.4 Å². The Balaban J connectivity index is 2.27. The molecule has 0 unspecified atom stereocenters. The first-order chi connectivity index (χ1) is 11.8. The van der Waals surface area contributed by atoms with Crippen LogP contribution in [-0.2, 0) is 4.79 Å². The second-order valence-electron chi connectivity index (χ2n) is 5.02. The zero-order valence-corrected chi connectivity index (χ0v) is 15.3. The summed E-state index contributed by atoms with van der Waals surface area (Å²) in [5.74, 6) is 0.113. The molecule has 8 heteroatoms. The van der Waals surface area contributed by atoms with Crippen LogP contribution < -0.4 is 20.1 Å². The molecule has 0 aromatic heterocycles. The molecular weight excluding hydrogens is 367 g/mol. The number of amides is 2. The van der Waals surface area contributed by atoms with E-state index in [0.717, 1.165) is 0 Å². The minimum Gasteiger partial charge on any atom is -0.495 e. The van der Waals surface area contributed by atoms with E-state index in [4.69, 9.17) is 32.7 Å². The van der Waals surface area contributed by atoms with E-state index in [9.17, 15) is 9.59 Å². The molecule has 0 radical (unpaired) electrons. The van der Waals surface area contributed by atoms with Crippen molar-refractivity contribution in [1.29, 1.82) is 0 Å². The third-order valence-corrected chi connectivity index (χ3v) is 3.79. The maximum Gasteiger partial charge on any atom is 0.255 e. The predicted molar refractivity (Wildman–Crippen MR) is 98.3 cm³/mol. The lowest BCUT2D eigenvalue weighted by atomic mass is 10.2. The zero-order chi connectivity index (χ0) is 18.6. The number of nitrogens with one attached hydrogen (secondary N) is 2. The highest BCUT2D eigenvalue weighted by atomic mass is 35.5. The molecule has 0 atom stereocenters. The lowest BCUT2D eigenvalue weighted by molar-refractivity contribution is -0.114. The molecule has 6 nitrogen and oxygen atoms in total. The van der Waals surface area contributed by atoms with Gasteiger partial charge in [-0.15, -0.1) is 0 Å². The average Bonchev–Trinajstić information content (AvgIpc) is 2.54. The molecule has 0 aliphatic carbocycles. The number of anilines is 2. The van der Waals surface area contributed by atoms with Gasteiger partial charge in [-0.1, -0.05) is 23.2 Å². The van der Waals surface area contributed by atoms with Crippen LogP contribution in [0.25, 0.3) is 0 Å². The lowest BCUT2D eigenvalue weighted by Gasteiger charge is -2.13. The van der Waals surface area contributed by atoms with Crippen LogP contribution in [0.15, 0.2) is 30.3 Å². The van der Waals surface area contributed by atoms with E-state index in [1.165, 1.54) is 33.3 Å². The molecule has 2 aromatic carbocycles. The SMILES string of the molecule is COc1ccc(NC(=O)c2cc(Cl)c(OC)c(Cl)c2)cc1NC(C)=O. The van der Waals surface area contributed by atoms with Crippen molar-refractivity contribution < 1.29 is 19.1 Å². The molecule has 0 bridgehead atoms. The first kappa shape index (κ1) is 18.9. The summed E-state index contributed by atoms with van der Waals surface area (Å²) in [7, 11) is 2.92. The minimum absolute atomic E-state index is 0.230. The van der Waals surface area contributed by atoms with Gasteiger partial charge in [-0.05, 0) is 30.3 Å². The van der Waals surface area contributed by atoms with Crippen molar-refractivity contribution in [2.45, 2.75) is 6.92 Å². The summed E-state index contributed by atoms with van der Waals surface area (Å²) in [6, 6.07) is 7.79. The number of methoxy groups -OCH3 is 2. The Labute approximate surface area is 155 Å². The molecule has 132 valence electrons. The Morgan fingerprint density at radius 1 is 0.960 bits per heavy atom. The maximum atomic E-state index is 12.4. The molecule has 0 saturated carbocycles. The van der Waals surface area contributed by atoms with Crippen molar-refractivity contribution in [1.82, 2.24) is 0 Å². The lowest BCUT2D eigenvalue weighted by Crippen LogP contribution is -2.13. The summed E-state index contributed by atoms with van der Waals surface area (Å²) in [6.45, 7) is 1.38. The van der Waals surface area contributed by atoms with Crippen molar-refractivity contribution in [3.8, 4) is 11.5 Å². The highest BCUT2D eigenvalue weighted by Crippen LogP contribution is 2.34. The molecule has 2 N–H and O–H groups in total. The van der Waals surface area contributed by atoms with Gasteiger partial charge in [0.2, 0.25) is 5.91 Å². The van der Waals surface area contributed by atoms with E-state index >= 15 is 0 Å². The van der Waals surface area contributed by atoms with Crippen LogP contribution in [0.1, 0.15) is 17.3 Å². The fourth-order valence-corrected chi connectivity index (χ4v) is 2.80. The second-order valence-corrected chi connectivity index (χ2v) is 5.84. The summed E-state index contributed by atoms with van der Waals surface area (Å²) in [5, 5.41) is 5.81. The van der Waals surface area contributed by atoms with Gasteiger partial charge in [0, 0.05) is 18.2 Å². The summed E-state index contributed by atoms with van der Waals surface area (Å²) in [4.78, 5) is 23.7. The third-order valence-electron chi connectivity index (χ3n) is 3.23. The van der Waals surface area contributed by atoms with E-state index in [2.05, 4.69) is 10.6 Å². The molecule has 0 aliphatic rings. The normalized spacial score (nSPS) is 10.1. The zero-order valence-electron chi connectivity index (χ0n) is 13.8. The van der Waals surface area contributed by atoms with E-state index < -0.39 is 5.91 Å². The Morgan fingerprint density at radius 2 is 1.60 bits per heavy atom. The molecule has 2 amide bonds. The topological polar surface area (TPSA) is 76.7 Å². The molecule has 2 rings (SSSR count). The van der Waals surface area contributed by atoms with Crippen LogP contribution in [0, 0.1) is 0 Å². The van der Waals surface area contributed by atoms with Gasteiger partial charge in [0.05, 0.1) is 30.0 Å². The first-order valence-corrected chi connectivity index (χ1v) is 7.91. The fourth-order valence-electron chi connectivity index (χ4n) is 2.16. The Bertz CT molecular complexity index is 801. The number of rotatable bonds is 5. The quantitative estimate of drug-likeness (QED) is 0.811. The van der Waals surface area contributed by atoms with Crippen molar-refractivity contribution in [2.24, 2.45) is 0 Å². The number of carbonyl (C=O) groups is 2. The highest BCUT2D eigenvalue weighted by molar-refractivity contribution is 6.37. The monoisotopic (exact) mass is 382 g/mol. The number of ether oxygens (including phenoxy) is 2. The summed E-state index contributed by atoms with van der Waals surface area (Å²) < 4.78 is 10.2. The number of hydrogen-bond acceptors (Lipinski definition) is 4. The van der Waals surface area contributed by atoms with Gasteiger partial charge >= 0.3 is 0 Å². The van der Waals surface area contributed by atoms with Crippen molar-refractivity contribution >= 4 is 46.4 Å². The van der Waals surface area contributed by atoms with Crippen LogP contribution in [0.5, 0.6) is 11.5 Å². The van der Waals surface area contributed by atoms with Crippen LogP contribution in [0.2, 0.25) is 10.0 Å². The summed E-state index contributed by atoms with van der Waals surface area (Å²) in [6.07, 6.45) is 0. The molecule has 0 spiro atoms. The maximum absolute atomic E-state index is 12.4. The van der Waals surface area contributed by atoms with Gasteiger partial charge in [-0.2, -0.15) is 0 Å². The van der Waals surface area contributed by atoms with Crippen LogP contribution >= 0.6 is 23.2 Å². The minimum atomic E-state index is -0.412. The fraction of sp³-hybridized carbons (Fsp3) is 0.176. The van der Waals surface area contributed by atoms with Gasteiger partial charge in [-0.25, -0.2) is 0 Å². The Hall–Kier alpha value is -2.44. The van der Waals surface area contributed by atoms with Gasteiger partial charge in [-0.3, -0.25) is 9.59 Å². The van der Waals surface area contributed by atoms with E-state index in [0.29, 0.717) is 22.9 Å². The third kappa shape index (κ3) is 4.55. The Morgan fingerprint density at radius 3 is 2.12 bits per heavy atom. The van der Waals surface area contributed by atoms with Gasteiger partial charge in [0.1, 0.15) is 5.75 Å². The molecule has 0 fully saturated rings. The number of benzene rings is 2. The van der Waals surface area contributed by atoms with E-state index in [1.54, 1.807) is 18.2 Å². The molecular formula is C17H16Cl2N2O4. The first-order valence-electron chi connectivity index (χ1n) is 7.15. The smallest absolute Gasteiger partial charge is 0.255 e.